The van der Waals surface area contributed by atoms with Crippen LogP contribution in [0.15, 0.2) is 64.1 Å². The number of nitriles is 1. The topological polar surface area (TPSA) is 115 Å². The Labute approximate surface area is 167 Å². The van der Waals surface area contributed by atoms with Gasteiger partial charge in [-0.2, -0.15) is 13.7 Å². The molecule has 0 aliphatic heterocycles. The van der Waals surface area contributed by atoms with Gasteiger partial charge in [0.25, 0.3) is 10.0 Å². The lowest BCUT2D eigenvalue weighted by Crippen LogP contribution is -2.15. The van der Waals surface area contributed by atoms with E-state index in [0.29, 0.717) is 16.8 Å². The highest BCUT2D eigenvalue weighted by Crippen LogP contribution is 2.31. The third-order valence-electron chi connectivity index (χ3n) is 4.41. The molecule has 0 spiro atoms. The van der Waals surface area contributed by atoms with Crippen LogP contribution in [0, 0.1) is 25.2 Å². The van der Waals surface area contributed by atoms with E-state index in [9.17, 15) is 13.7 Å². The van der Waals surface area contributed by atoms with Gasteiger partial charge in [-0.15, -0.1) is 9.19 Å². The van der Waals surface area contributed by atoms with Gasteiger partial charge in [0.05, 0.1) is 11.1 Å². The molecule has 2 aromatic heterocycles. The number of hydrogen-bond donors (Lipinski definition) is 0. The molecule has 2 heterocycles. The van der Waals surface area contributed by atoms with Gasteiger partial charge in [-0.25, -0.2) is 0 Å². The van der Waals surface area contributed by atoms with Gasteiger partial charge < -0.3 is 4.52 Å². The van der Waals surface area contributed by atoms with E-state index in [1.54, 1.807) is 31.2 Å². The molecule has 144 valence electrons. The first-order valence-corrected chi connectivity index (χ1v) is 10.1. The van der Waals surface area contributed by atoms with Crippen molar-refractivity contribution in [1.29, 1.82) is 5.26 Å². The van der Waals surface area contributed by atoms with Crippen molar-refractivity contribution in [2.45, 2.75) is 18.7 Å². The molecule has 2 aromatic carbocycles. The van der Waals surface area contributed by atoms with Crippen LogP contribution in [0.5, 0.6) is 0 Å². The molecule has 0 amide bonds. The van der Waals surface area contributed by atoms with E-state index in [0.717, 1.165) is 9.65 Å². The minimum atomic E-state index is -3.94. The summed E-state index contributed by atoms with van der Waals surface area (Å²) in [5.74, 6) is 0.0634. The number of nitrogens with zero attached hydrogens (tertiary/aromatic N) is 5. The Bertz CT molecular complexity index is 1350. The molecule has 4 rings (SSSR count). The molecule has 0 saturated carbocycles. The van der Waals surface area contributed by atoms with E-state index in [1.165, 1.54) is 12.3 Å². The first-order chi connectivity index (χ1) is 13.9. The van der Waals surface area contributed by atoms with Crippen molar-refractivity contribution in [3.8, 4) is 28.8 Å². The van der Waals surface area contributed by atoms with Crippen molar-refractivity contribution >= 4 is 10.0 Å². The zero-order valence-electron chi connectivity index (χ0n) is 15.6. The van der Waals surface area contributed by atoms with Crippen LogP contribution < -0.4 is 0 Å². The van der Waals surface area contributed by atoms with Crippen LogP contribution in [0.25, 0.3) is 22.7 Å². The molecular formula is C20H15N5O3S. The molecule has 0 aliphatic rings. The lowest BCUT2D eigenvalue weighted by Gasteiger charge is -2.07. The maximum Gasteiger partial charge on any atom is 0.284 e. The number of rotatable bonds is 4. The van der Waals surface area contributed by atoms with Crippen LogP contribution in [0.4, 0.5) is 0 Å². The van der Waals surface area contributed by atoms with Crippen LogP contribution in [-0.2, 0) is 10.0 Å². The van der Waals surface area contributed by atoms with Crippen molar-refractivity contribution in [1.82, 2.24) is 19.6 Å². The highest BCUT2D eigenvalue weighted by molar-refractivity contribution is 7.89. The zero-order valence-corrected chi connectivity index (χ0v) is 16.4. The Morgan fingerprint density at radius 1 is 1.10 bits per heavy atom. The number of aromatic nitrogens is 4. The van der Waals surface area contributed by atoms with Gasteiger partial charge >= 0.3 is 0 Å². The molecule has 9 heteroatoms. The molecule has 0 atom stereocenters. The van der Waals surface area contributed by atoms with Gasteiger partial charge in [0.1, 0.15) is 17.3 Å². The van der Waals surface area contributed by atoms with Crippen molar-refractivity contribution in [3.63, 3.8) is 0 Å². The van der Waals surface area contributed by atoms with Crippen molar-refractivity contribution in [2.24, 2.45) is 0 Å². The molecule has 0 unspecified atom stereocenters. The Balaban J connectivity index is 1.77. The highest BCUT2D eigenvalue weighted by atomic mass is 32.2. The van der Waals surface area contributed by atoms with E-state index < -0.39 is 10.0 Å². The fourth-order valence-corrected chi connectivity index (χ4v) is 4.30. The number of aryl methyl sites for hydroxylation is 2. The molecule has 29 heavy (non-hydrogen) atoms. The molecular weight excluding hydrogens is 390 g/mol. The number of hydrogen-bond acceptors (Lipinski definition) is 7. The second-order valence-electron chi connectivity index (χ2n) is 6.46. The first kappa shape index (κ1) is 18.6. The molecule has 4 aromatic rings. The lowest BCUT2D eigenvalue weighted by molar-refractivity contribution is 0.433. The standard InChI is InChI=1S/C20H15N5O3S/c1-13-8-9-18(14(2)10-13)29(26,27)25-12-17(22-24-25)20-16(11-21)19(23-28-20)15-6-4-3-5-7-15/h3-10,12H,1-2H3. The maximum absolute atomic E-state index is 12.9. The smallest absolute Gasteiger partial charge is 0.284 e. The molecule has 0 fully saturated rings. The van der Waals surface area contributed by atoms with Gasteiger partial charge in [0.2, 0.25) is 5.76 Å². The average Bonchev–Trinajstić information content (AvgIpc) is 3.35. The second-order valence-corrected chi connectivity index (χ2v) is 8.23. The van der Waals surface area contributed by atoms with Crippen molar-refractivity contribution in [2.75, 3.05) is 0 Å². The SMILES string of the molecule is Cc1ccc(S(=O)(=O)n2cc(-c3onc(-c4ccccc4)c3C#N)nn2)c(C)c1. The Kier molecular flexibility index (Phi) is 4.48. The van der Waals surface area contributed by atoms with Crippen molar-refractivity contribution < 1.29 is 12.9 Å². The summed E-state index contributed by atoms with van der Waals surface area (Å²) >= 11 is 0. The first-order valence-electron chi connectivity index (χ1n) is 8.62. The van der Waals surface area contributed by atoms with Crippen LogP contribution >= 0.6 is 0 Å². The highest BCUT2D eigenvalue weighted by Gasteiger charge is 2.25. The fraction of sp³-hybridized carbons (Fsp3) is 0.100. The van der Waals surface area contributed by atoms with Crippen molar-refractivity contribution in [3.05, 3.63) is 71.4 Å². The third-order valence-corrected chi connectivity index (χ3v) is 6.10. The predicted octanol–water partition coefficient (Wildman–Crippen LogP) is 3.33. The maximum atomic E-state index is 12.9. The lowest BCUT2D eigenvalue weighted by atomic mass is 10.1. The van der Waals surface area contributed by atoms with Gasteiger partial charge in [-0.1, -0.05) is 58.4 Å². The molecule has 0 saturated heterocycles. The van der Waals surface area contributed by atoms with Crippen LogP contribution in [0.1, 0.15) is 16.7 Å². The molecule has 0 bridgehead atoms. The van der Waals surface area contributed by atoms with E-state index in [1.807, 2.05) is 25.1 Å². The van der Waals surface area contributed by atoms with Gasteiger partial charge in [-0.05, 0) is 25.5 Å². The van der Waals surface area contributed by atoms with Gasteiger partial charge in [-0.3, -0.25) is 0 Å². The van der Waals surface area contributed by atoms with E-state index in [4.69, 9.17) is 4.52 Å². The van der Waals surface area contributed by atoms with E-state index >= 15 is 0 Å². The zero-order chi connectivity index (χ0) is 20.6. The largest absolute Gasteiger partial charge is 0.352 e. The summed E-state index contributed by atoms with van der Waals surface area (Å²) in [7, 11) is -3.94. The fourth-order valence-electron chi connectivity index (χ4n) is 3.02. The summed E-state index contributed by atoms with van der Waals surface area (Å²) in [5, 5.41) is 21.2. The minimum absolute atomic E-state index is 0.0634. The molecule has 0 radical (unpaired) electrons. The summed E-state index contributed by atoms with van der Waals surface area (Å²) < 4.78 is 32.0. The summed E-state index contributed by atoms with van der Waals surface area (Å²) in [5.41, 5.74) is 2.88. The third kappa shape index (κ3) is 3.19. The minimum Gasteiger partial charge on any atom is -0.352 e. The summed E-state index contributed by atoms with van der Waals surface area (Å²) in [6.45, 7) is 3.60. The molecule has 0 N–H and O–H groups in total. The molecule has 0 aliphatic carbocycles. The van der Waals surface area contributed by atoms with E-state index in [-0.39, 0.29) is 21.9 Å². The Morgan fingerprint density at radius 2 is 1.86 bits per heavy atom. The number of benzene rings is 2. The van der Waals surface area contributed by atoms with Gasteiger partial charge in [0.15, 0.2) is 5.69 Å². The van der Waals surface area contributed by atoms with Gasteiger partial charge in [0, 0.05) is 5.56 Å². The summed E-state index contributed by atoms with van der Waals surface area (Å²) in [4.78, 5) is 0.127. The summed E-state index contributed by atoms with van der Waals surface area (Å²) in [6.07, 6.45) is 1.21. The van der Waals surface area contributed by atoms with Crippen LogP contribution in [-0.4, -0.2) is 28.0 Å². The van der Waals surface area contributed by atoms with Crippen LogP contribution in [0.2, 0.25) is 0 Å². The quantitative estimate of drug-likeness (QED) is 0.511. The van der Waals surface area contributed by atoms with Crippen LogP contribution in [0.3, 0.4) is 0 Å². The Hall–Kier alpha value is -3.77. The average molecular weight is 405 g/mol. The predicted molar refractivity (Wildman–Crippen MR) is 104 cm³/mol. The Morgan fingerprint density at radius 3 is 2.55 bits per heavy atom. The second kappa shape index (κ2) is 7.00. The van der Waals surface area contributed by atoms with E-state index in [2.05, 4.69) is 21.5 Å². The molecule has 8 nitrogen and oxygen atoms in total. The monoisotopic (exact) mass is 405 g/mol. The normalized spacial score (nSPS) is 11.3. The summed E-state index contributed by atoms with van der Waals surface area (Å²) in [6, 6.07) is 16.2.